The quantitative estimate of drug-likeness (QED) is 0.603. The summed E-state index contributed by atoms with van der Waals surface area (Å²) in [5, 5.41) is 10.9. The van der Waals surface area contributed by atoms with Gasteiger partial charge in [-0.25, -0.2) is 8.42 Å². The fraction of sp³-hybridized carbons (Fsp3) is 0.455. The molecule has 98 valence electrons. The summed E-state index contributed by atoms with van der Waals surface area (Å²) in [5.41, 5.74) is -0.364. The van der Waals surface area contributed by atoms with E-state index in [1.807, 2.05) is 0 Å². The number of hydrogen-bond donors (Lipinski definition) is 0. The number of rotatable bonds is 5. The van der Waals surface area contributed by atoms with E-state index in [9.17, 15) is 18.5 Å². The van der Waals surface area contributed by atoms with Gasteiger partial charge in [-0.2, -0.15) is 4.31 Å². The molecule has 1 aliphatic carbocycles. The van der Waals surface area contributed by atoms with Crippen molar-refractivity contribution in [2.75, 3.05) is 6.54 Å². The Labute approximate surface area is 105 Å². The normalized spacial score (nSPS) is 15.9. The van der Waals surface area contributed by atoms with Crippen molar-refractivity contribution >= 4 is 15.7 Å². The minimum atomic E-state index is -3.77. The van der Waals surface area contributed by atoms with Gasteiger partial charge in [-0.3, -0.25) is 10.1 Å². The zero-order chi connectivity index (χ0) is 13.3. The first kappa shape index (κ1) is 13.0. The van der Waals surface area contributed by atoms with Gasteiger partial charge in [-0.1, -0.05) is 19.1 Å². The molecule has 0 unspecified atom stereocenters. The van der Waals surface area contributed by atoms with Gasteiger partial charge in [-0.15, -0.1) is 0 Å². The van der Waals surface area contributed by atoms with Crippen LogP contribution in [0.15, 0.2) is 29.2 Å². The van der Waals surface area contributed by atoms with Crippen LogP contribution in [0.3, 0.4) is 0 Å². The summed E-state index contributed by atoms with van der Waals surface area (Å²) in [6, 6.07) is 5.47. The maximum absolute atomic E-state index is 12.4. The molecule has 0 amide bonds. The largest absolute Gasteiger partial charge is 0.289 e. The maximum atomic E-state index is 12.4. The zero-order valence-corrected chi connectivity index (χ0v) is 10.8. The SMILES string of the molecule is CCN(C1CC1)S(=O)(=O)c1ccccc1[N+](=O)[O-]. The molecule has 1 aliphatic rings. The van der Waals surface area contributed by atoms with Crippen molar-refractivity contribution in [3.05, 3.63) is 34.4 Å². The van der Waals surface area contributed by atoms with Crippen LogP contribution in [0, 0.1) is 10.1 Å². The summed E-state index contributed by atoms with van der Waals surface area (Å²) in [5.74, 6) is 0. The van der Waals surface area contributed by atoms with E-state index in [1.54, 1.807) is 6.92 Å². The van der Waals surface area contributed by atoms with E-state index < -0.39 is 14.9 Å². The summed E-state index contributed by atoms with van der Waals surface area (Å²) in [7, 11) is -3.77. The van der Waals surface area contributed by atoms with Crippen LogP contribution in [0.4, 0.5) is 5.69 Å². The van der Waals surface area contributed by atoms with Crippen molar-refractivity contribution in [2.24, 2.45) is 0 Å². The molecule has 0 bridgehead atoms. The Morgan fingerprint density at radius 2 is 2.00 bits per heavy atom. The third-order valence-corrected chi connectivity index (χ3v) is 4.99. The smallest absolute Gasteiger partial charge is 0.258 e. The molecule has 0 heterocycles. The van der Waals surface area contributed by atoms with Crippen LogP contribution >= 0.6 is 0 Å². The van der Waals surface area contributed by atoms with E-state index in [1.165, 1.54) is 28.6 Å². The minimum absolute atomic E-state index is 0.000176. The number of nitro benzene ring substituents is 1. The minimum Gasteiger partial charge on any atom is -0.258 e. The van der Waals surface area contributed by atoms with Gasteiger partial charge in [0.1, 0.15) is 0 Å². The molecule has 0 spiro atoms. The predicted molar refractivity (Wildman–Crippen MR) is 65.7 cm³/mol. The lowest BCUT2D eigenvalue weighted by atomic mass is 10.3. The number of benzene rings is 1. The Hall–Kier alpha value is -1.47. The highest BCUT2D eigenvalue weighted by Crippen LogP contribution is 2.34. The fourth-order valence-electron chi connectivity index (χ4n) is 1.94. The van der Waals surface area contributed by atoms with E-state index in [0.717, 1.165) is 12.8 Å². The molecule has 1 aromatic rings. The van der Waals surface area contributed by atoms with Crippen molar-refractivity contribution in [3.63, 3.8) is 0 Å². The average Bonchev–Trinajstić information content (AvgIpc) is 3.14. The molecule has 7 heteroatoms. The van der Waals surface area contributed by atoms with Crippen molar-refractivity contribution in [3.8, 4) is 0 Å². The number of para-hydroxylation sites is 1. The highest BCUT2D eigenvalue weighted by atomic mass is 32.2. The molecule has 6 nitrogen and oxygen atoms in total. The van der Waals surface area contributed by atoms with Crippen molar-refractivity contribution in [1.82, 2.24) is 4.31 Å². The van der Waals surface area contributed by atoms with Gasteiger partial charge in [0.15, 0.2) is 4.90 Å². The van der Waals surface area contributed by atoms with E-state index in [-0.39, 0.29) is 16.6 Å². The molecule has 1 aromatic carbocycles. The van der Waals surface area contributed by atoms with E-state index in [2.05, 4.69) is 0 Å². The third kappa shape index (κ3) is 2.23. The lowest BCUT2D eigenvalue weighted by Crippen LogP contribution is -2.33. The van der Waals surface area contributed by atoms with Crippen LogP contribution in [-0.2, 0) is 10.0 Å². The molecular weight excluding hydrogens is 256 g/mol. The van der Waals surface area contributed by atoms with E-state index in [0.29, 0.717) is 6.54 Å². The molecule has 0 saturated heterocycles. The molecular formula is C11H14N2O4S. The van der Waals surface area contributed by atoms with Crippen molar-refractivity contribution in [2.45, 2.75) is 30.7 Å². The lowest BCUT2D eigenvalue weighted by molar-refractivity contribution is -0.387. The van der Waals surface area contributed by atoms with Gasteiger partial charge in [-0.05, 0) is 18.9 Å². The Morgan fingerprint density at radius 3 is 2.50 bits per heavy atom. The molecule has 0 atom stereocenters. The molecule has 18 heavy (non-hydrogen) atoms. The van der Waals surface area contributed by atoms with Gasteiger partial charge in [0, 0.05) is 18.7 Å². The van der Waals surface area contributed by atoms with Crippen LogP contribution in [0.1, 0.15) is 19.8 Å². The summed E-state index contributed by atoms with van der Waals surface area (Å²) < 4.78 is 26.1. The lowest BCUT2D eigenvalue weighted by Gasteiger charge is -2.19. The Morgan fingerprint density at radius 1 is 1.39 bits per heavy atom. The van der Waals surface area contributed by atoms with E-state index in [4.69, 9.17) is 0 Å². The molecule has 1 saturated carbocycles. The van der Waals surface area contributed by atoms with Gasteiger partial charge < -0.3 is 0 Å². The number of nitro groups is 1. The first-order chi connectivity index (χ1) is 8.48. The number of nitrogens with zero attached hydrogens (tertiary/aromatic N) is 2. The number of hydrogen-bond acceptors (Lipinski definition) is 4. The maximum Gasteiger partial charge on any atom is 0.289 e. The average molecular weight is 270 g/mol. The molecule has 2 rings (SSSR count). The second kappa shape index (κ2) is 4.66. The molecule has 0 radical (unpaired) electrons. The molecule has 0 aliphatic heterocycles. The summed E-state index contributed by atoms with van der Waals surface area (Å²) >= 11 is 0. The second-order valence-electron chi connectivity index (χ2n) is 4.16. The van der Waals surface area contributed by atoms with Crippen molar-refractivity contribution < 1.29 is 13.3 Å². The topological polar surface area (TPSA) is 80.5 Å². The standard InChI is InChI=1S/C11H14N2O4S/c1-2-12(9-7-8-9)18(16,17)11-6-4-3-5-10(11)13(14)15/h3-6,9H,2,7-8H2,1H3. The van der Waals surface area contributed by atoms with Gasteiger partial charge in [0.05, 0.1) is 4.92 Å². The number of sulfonamides is 1. The van der Waals surface area contributed by atoms with Gasteiger partial charge in [0.2, 0.25) is 10.0 Å². The van der Waals surface area contributed by atoms with Crippen LogP contribution < -0.4 is 0 Å². The third-order valence-electron chi connectivity index (χ3n) is 2.91. The highest BCUT2D eigenvalue weighted by molar-refractivity contribution is 7.89. The summed E-state index contributed by atoms with van der Waals surface area (Å²) in [6.45, 7) is 2.07. The van der Waals surface area contributed by atoms with Crippen LogP contribution in [-0.4, -0.2) is 30.2 Å². The van der Waals surface area contributed by atoms with Crippen LogP contribution in [0.25, 0.3) is 0 Å². The highest BCUT2D eigenvalue weighted by Gasteiger charge is 2.39. The summed E-state index contributed by atoms with van der Waals surface area (Å²) in [4.78, 5) is 10.0. The Kier molecular flexibility index (Phi) is 3.36. The van der Waals surface area contributed by atoms with Gasteiger partial charge >= 0.3 is 0 Å². The van der Waals surface area contributed by atoms with Crippen LogP contribution in [0.2, 0.25) is 0 Å². The predicted octanol–water partition coefficient (Wildman–Crippen LogP) is 1.77. The Bertz CT molecular complexity index is 566. The summed E-state index contributed by atoms with van der Waals surface area (Å²) in [6.07, 6.45) is 1.65. The zero-order valence-electron chi connectivity index (χ0n) is 9.94. The second-order valence-corrected chi connectivity index (χ2v) is 6.02. The molecule has 0 N–H and O–H groups in total. The molecule has 1 fully saturated rings. The van der Waals surface area contributed by atoms with Crippen LogP contribution in [0.5, 0.6) is 0 Å². The first-order valence-corrected chi connectivity index (χ1v) is 7.17. The van der Waals surface area contributed by atoms with E-state index >= 15 is 0 Å². The monoisotopic (exact) mass is 270 g/mol. The molecule has 0 aromatic heterocycles. The van der Waals surface area contributed by atoms with Crippen molar-refractivity contribution in [1.29, 1.82) is 0 Å². The Balaban J connectivity index is 2.49. The first-order valence-electron chi connectivity index (χ1n) is 5.73. The van der Waals surface area contributed by atoms with Gasteiger partial charge in [0.25, 0.3) is 5.69 Å². The fourth-order valence-corrected chi connectivity index (χ4v) is 3.79.